The van der Waals surface area contributed by atoms with Crippen molar-refractivity contribution in [3.63, 3.8) is 0 Å². The summed E-state index contributed by atoms with van der Waals surface area (Å²) in [4.78, 5) is 21.8. The average Bonchev–Trinajstić information content (AvgIpc) is 2.99. The van der Waals surface area contributed by atoms with E-state index in [2.05, 4.69) is 61.4 Å². The number of aryl methyl sites for hydroxylation is 3. The summed E-state index contributed by atoms with van der Waals surface area (Å²) < 4.78 is 1.60. The molecule has 3 aromatic carbocycles. The maximum absolute atomic E-state index is 12.2. The third kappa shape index (κ3) is 8.34. The molecule has 0 aliphatic rings. The molecule has 4 rings (SSSR count). The number of ketones is 1. The van der Waals surface area contributed by atoms with Crippen molar-refractivity contribution in [2.45, 2.75) is 105 Å². The maximum atomic E-state index is 12.2. The van der Waals surface area contributed by atoms with Crippen LogP contribution in [0, 0.1) is 37.7 Å². The fourth-order valence-corrected chi connectivity index (χ4v) is 11.4. The first kappa shape index (κ1) is 38.8. The van der Waals surface area contributed by atoms with Crippen LogP contribution in [0.25, 0.3) is 32.9 Å². The molecule has 1 heterocycles. The van der Waals surface area contributed by atoms with Crippen LogP contribution in [-0.2, 0) is 24.9 Å². The fraction of sp³-hybridized carbons (Fsp3) is 0.462. The molecular formula is C39H53GeIrN2O2-. The van der Waals surface area contributed by atoms with Gasteiger partial charge < -0.3 is 5.11 Å². The van der Waals surface area contributed by atoms with Gasteiger partial charge in [0.05, 0.1) is 0 Å². The van der Waals surface area contributed by atoms with Gasteiger partial charge in [0.15, 0.2) is 5.78 Å². The number of benzene rings is 3. The number of hydrogen-bond acceptors (Lipinski definition) is 4. The third-order valence-electron chi connectivity index (χ3n) is 9.85. The van der Waals surface area contributed by atoms with Crippen LogP contribution < -0.4 is 4.40 Å². The molecule has 0 aliphatic carbocycles. The number of nitrogens with zero attached hydrogens (tertiary/aromatic N) is 2. The molecule has 0 bridgehead atoms. The summed E-state index contributed by atoms with van der Waals surface area (Å²) >= 11 is -2.01. The molecule has 1 N–H and O–H groups in total. The van der Waals surface area contributed by atoms with Gasteiger partial charge in [0.25, 0.3) is 0 Å². The second-order valence-corrected chi connectivity index (χ2v) is 24.3. The van der Waals surface area contributed by atoms with Crippen LogP contribution >= 0.6 is 0 Å². The van der Waals surface area contributed by atoms with E-state index in [0.29, 0.717) is 0 Å². The number of fused-ring (bicyclic) bond motifs is 3. The molecule has 0 saturated carbocycles. The first-order chi connectivity index (χ1) is 20.6. The molecule has 0 aliphatic heterocycles. The third-order valence-corrected chi connectivity index (χ3v) is 14.6. The molecule has 45 heavy (non-hydrogen) atoms. The summed E-state index contributed by atoms with van der Waals surface area (Å²) in [6.07, 6.45) is 4.75. The Morgan fingerprint density at radius 2 is 1.51 bits per heavy atom. The van der Waals surface area contributed by atoms with Crippen molar-refractivity contribution in [2.75, 3.05) is 0 Å². The Hall–Kier alpha value is -2.34. The molecule has 4 aromatic rings. The van der Waals surface area contributed by atoms with Gasteiger partial charge in [-0.2, -0.15) is 0 Å². The molecule has 6 heteroatoms. The van der Waals surface area contributed by atoms with E-state index in [1.165, 1.54) is 28.0 Å². The Morgan fingerprint density at radius 3 is 2.02 bits per heavy atom. The second kappa shape index (κ2) is 15.5. The minimum absolute atomic E-state index is 0. The van der Waals surface area contributed by atoms with E-state index in [1.807, 2.05) is 66.7 Å². The number of aromatic nitrogens is 2. The summed E-state index contributed by atoms with van der Waals surface area (Å²) in [7, 11) is 0. The number of aliphatic hydroxyl groups excluding tert-OH is 1. The molecule has 245 valence electrons. The van der Waals surface area contributed by atoms with Gasteiger partial charge in [0.1, 0.15) is 5.76 Å². The summed E-state index contributed by atoms with van der Waals surface area (Å²) in [6, 6.07) is 18.1. The SMILES string of the molecule is CCC(C)(CC)C(=O)/C=C(\O)C(C)(CC)CC.Cc1nc(-c2[c-]cccc2)c2ccc3cc(C)[c]([Ge]([CH3])([CH3])[CH3])c(C)c3c2n1.[Ir]. The Kier molecular flexibility index (Phi) is 13.4. The van der Waals surface area contributed by atoms with E-state index >= 15 is 0 Å². The summed E-state index contributed by atoms with van der Waals surface area (Å²) in [5, 5.41) is 13.8. The van der Waals surface area contributed by atoms with E-state index in [0.717, 1.165) is 53.7 Å². The minimum Gasteiger partial charge on any atom is 0 e. The predicted octanol–water partition coefficient (Wildman–Crippen LogP) is 10.4. The number of rotatable bonds is 9. The molecule has 1 aromatic heterocycles. The Morgan fingerprint density at radius 1 is 0.911 bits per heavy atom. The molecule has 0 amide bonds. The molecule has 0 spiro atoms. The van der Waals surface area contributed by atoms with E-state index in [1.54, 1.807) is 4.40 Å². The van der Waals surface area contributed by atoms with Crippen molar-refractivity contribution in [1.29, 1.82) is 0 Å². The van der Waals surface area contributed by atoms with Gasteiger partial charge in [0, 0.05) is 37.0 Å². The molecule has 1 radical (unpaired) electrons. The number of aliphatic hydroxyl groups is 1. The Labute approximate surface area is 288 Å². The van der Waals surface area contributed by atoms with Gasteiger partial charge >= 0.3 is 164 Å². The van der Waals surface area contributed by atoms with Crippen LogP contribution in [0.1, 0.15) is 84.2 Å². The molecule has 0 saturated heterocycles. The first-order valence-corrected chi connectivity index (χ1v) is 23.6. The van der Waals surface area contributed by atoms with Gasteiger partial charge in [-0.3, -0.25) is 4.79 Å². The number of carbonyl (C=O) groups excluding carboxylic acids is 1. The van der Waals surface area contributed by atoms with Gasteiger partial charge in [-0.15, -0.1) is 0 Å². The second-order valence-electron chi connectivity index (χ2n) is 13.8. The zero-order valence-corrected chi connectivity index (χ0v) is 34.0. The number of carbonyl (C=O) groups is 1. The molecule has 0 unspecified atom stereocenters. The zero-order chi connectivity index (χ0) is 33.0. The van der Waals surface area contributed by atoms with Crippen LogP contribution in [0.15, 0.2) is 54.3 Å². The van der Waals surface area contributed by atoms with Gasteiger partial charge in [0.2, 0.25) is 0 Å². The summed E-state index contributed by atoms with van der Waals surface area (Å²) in [5.74, 6) is 8.50. The number of allylic oxidation sites excluding steroid dienone is 2. The smallest absolute Gasteiger partial charge is 0 e. The normalized spacial score (nSPS) is 12.5. The van der Waals surface area contributed by atoms with E-state index in [9.17, 15) is 9.90 Å². The van der Waals surface area contributed by atoms with Crippen LogP contribution in [0.2, 0.25) is 17.3 Å². The fourth-order valence-electron chi connectivity index (χ4n) is 6.15. The first-order valence-electron chi connectivity index (χ1n) is 16.2. The van der Waals surface area contributed by atoms with Crippen molar-refractivity contribution in [3.8, 4) is 11.3 Å². The van der Waals surface area contributed by atoms with Gasteiger partial charge in [-0.25, -0.2) is 0 Å². The van der Waals surface area contributed by atoms with Gasteiger partial charge in [-0.1, -0.05) is 41.5 Å². The molecule has 0 atom stereocenters. The van der Waals surface area contributed by atoms with Crippen LogP contribution in [0.5, 0.6) is 0 Å². The Balaban J connectivity index is 0.000000343. The predicted molar refractivity (Wildman–Crippen MR) is 192 cm³/mol. The molecule has 0 fully saturated rings. The van der Waals surface area contributed by atoms with Crippen molar-refractivity contribution in [2.24, 2.45) is 10.8 Å². The van der Waals surface area contributed by atoms with Crippen molar-refractivity contribution in [3.05, 3.63) is 77.3 Å². The minimum atomic E-state index is -2.01. The zero-order valence-electron chi connectivity index (χ0n) is 29.5. The number of hydrogen-bond donors (Lipinski definition) is 1. The summed E-state index contributed by atoms with van der Waals surface area (Å²) in [6.45, 7) is 18.6. The van der Waals surface area contributed by atoms with Crippen LogP contribution in [-0.4, -0.2) is 34.1 Å². The van der Waals surface area contributed by atoms with Crippen LogP contribution in [0.3, 0.4) is 0 Å². The van der Waals surface area contributed by atoms with Crippen molar-refractivity contribution in [1.82, 2.24) is 9.97 Å². The standard InChI is InChI=1S/C24H25GeN2.C15H28O2.Ir/c1-15-14-19-12-13-20-23(18-10-8-7-9-11-18)26-17(3)27-24(20)21(19)16(2)22(15)25(4,5)6;1-7-14(5,8-2)12(16)11-13(17)15(6,9-3)10-4;/h7-10,12-14H,1-6H3;11,16H,7-10H2,1-6H3;/q-1;;/b;12-11-;. The van der Waals surface area contributed by atoms with Crippen molar-refractivity contribution >= 4 is 45.1 Å². The largest absolute Gasteiger partial charge is 0 e. The van der Waals surface area contributed by atoms with E-state index in [-0.39, 0.29) is 42.5 Å². The summed E-state index contributed by atoms with van der Waals surface area (Å²) in [5.41, 5.74) is 5.29. The Bertz CT molecular complexity index is 1660. The van der Waals surface area contributed by atoms with Gasteiger partial charge in [-0.05, 0) is 25.7 Å². The topological polar surface area (TPSA) is 63.1 Å². The molecular weight excluding hydrogens is 793 g/mol. The van der Waals surface area contributed by atoms with Crippen molar-refractivity contribution < 1.29 is 30.0 Å². The molecule has 4 nitrogen and oxygen atoms in total. The van der Waals surface area contributed by atoms with E-state index in [4.69, 9.17) is 9.97 Å². The monoisotopic (exact) mass is 848 g/mol. The van der Waals surface area contributed by atoms with E-state index < -0.39 is 13.3 Å². The van der Waals surface area contributed by atoms with Crippen LogP contribution in [0.4, 0.5) is 0 Å². The quantitative estimate of drug-likeness (QED) is 0.0599. The average molecular weight is 847 g/mol. The maximum Gasteiger partial charge on any atom is 0 e.